The van der Waals surface area contributed by atoms with E-state index in [0.717, 1.165) is 22.0 Å². The molecule has 0 radical (unpaired) electrons. The van der Waals surface area contributed by atoms with Crippen molar-refractivity contribution in [2.45, 2.75) is 22.8 Å². The Labute approximate surface area is 167 Å². The van der Waals surface area contributed by atoms with Gasteiger partial charge in [-0.05, 0) is 30.7 Å². The number of rotatable bonds is 9. The number of amides is 2. The van der Waals surface area contributed by atoms with E-state index >= 15 is 0 Å². The number of hydrogen-bond acceptors (Lipinski definition) is 5. The summed E-state index contributed by atoms with van der Waals surface area (Å²) in [7, 11) is 0. The zero-order chi connectivity index (χ0) is 19.6. The first kappa shape index (κ1) is 20.9. The first-order valence-electron chi connectivity index (χ1n) is 8.42. The van der Waals surface area contributed by atoms with Crippen molar-refractivity contribution in [1.82, 2.24) is 5.32 Å². The Morgan fingerprint density at radius 2 is 1.89 bits per heavy atom. The van der Waals surface area contributed by atoms with Crippen LogP contribution in [0.2, 0.25) is 0 Å². The summed E-state index contributed by atoms with van der Waals surface area (Å²) in [5.41, 5.74) is 7.53. The molecule has 5 nitrogen and oxygen atoms in total. The van der Waals surface area contributed by atoms with Gasteiger partial charge in [0.25, 0.3) is 5.91 Å². The molecule has 2 rings (SSSR count). The van der Waals surface area contributed by atoms with E-state index < -0.39 is 11.2 Å². The average Bonchev–Trinajstić information content (AvgIpc) is 2.68. The number of primary amides is 1. The summed E-state index contributed by atoms with van der Waals surface area (Å²) < 4.78 is 0. The van der Waals surface area contributed by atoms with Gasteiger partial charge in [0.05, 0.1) is 22.4 Å². The number of carbonyl (C=O) groups excluding carboxylic acids is 2. The molecule has 0 bridgehead atoms. The first-order valence-corrected chi connectivity index (χ1v) is 10.4. The van der Waals surface area contributed by atoms with E-state index in [1.54, 1.807) is 36.9 Å². The van der Waals surface area contributed by atoms with E-state index in [9.17, 15) is 9.59 Å². The van der Waals surface area contributed by atoms with Crippen LogP contribution in [0.4, 0.5) is 0 Å². The van der Waals surface area contributed by atoms with Gasteiger partial charge < -0.3 is 11.1 Å². The zero-order valence-electron chi connectivity index (χ0n) is 15.0. The van der Waals surface area contributed by atoms with Crippen LogP contribution in [0.3, 0.4) is 0 Å². The summed E-state index contributed by atoms with van der Waals surface area (Å²) in [5, 5.41) is 11.6. The predicted octanol–water partition coefficient (Wildman–Crippen LogP) is 3.19. The molecule has 1 atom stereocenters. The lowest BCUT2D eigenvalue weighted by atomic mass is 10.1. The smallest absolute Gasteiger partial charge is 0.252 e. The molecule has 0 aliphatic rings. The van der Waals surface area contributed by atoms with Gasteiger partial charge in [0.1, 0.15) is 0 Å². The van der Waals surface area contributed by atoms with Gasteiger partial charge in [-0.25, -0.2) is 0 Å². The van der Waals surface area contributed by atoms with Gasteiger partial charge in [0, 0.05) is 22.9 Å². The molecule has 140 valence electrons. The van der Waals surface area contributed by atoms with Crippen LogP contribution in [0, 0.1) is 11.3 Å². The molecule has 3 N–H and O–H groups in total. The monoisotopic (exact) mass is 399 g/mol. The van der Waals surface area contributed by atoms with Crippen molar-refractivity contribution in [3.63, 3.8) is 0 Å². The van der Waals surface area contributed by atoms with Crippen LogP contribution >= 0.6 is 23.5 Å². The molecule has 0 saturated heterocycles. The Morgan fingerprint density at radius 1 is 1.19 bits per heavy atom. The van der Waals surface area contributed by atoms with Gasteiger partial charge in [0.15, 0.2) is 0 Å². The highest BCUT2D eigenvalue weighted by Gasteiger charge is 2.16. The SMILES string of the molecule is C[C@@H](Sc1ccccc1C(=O)NCCSCc1ccccc1C#N)C(N)=O. The molecular weight excluding hydrogens is 378 g/mol. The summed E-state index contributed by atoms with van der Waals surface area (Å²) in [6, 6.07) is 16.9. The Bertz CT molecular complexity index is 849. The molecule has 0 aromatic heterocycles. The molecule has 0 aliphatic heterocycles. The summed E-state index contributed by atoms with van der Waals surface area (Å²) in [4.78, 5) is 24.5. The minimum Gasteiger partial charge on any atom is -0.369 e. The minimum atomic E-state index is -0.413. The van der Waals surface area contributed by atoms with Crippen molar-refractivity contribution >= 4 is 35.3 Å². The van der Waals surface area contributed by atoms with E-state index in [2.05, 4.69) is 11.4 Å². The van der Waals surface area contributed by atoms with E-state index in [1.165, 1.54) is 11.8 Å². The average molecular weight is 400 g/mol. The van der Waals surface area contributed by atoms with Gasteiger partial charge >= 0.3 is 0 Å². The predicted molar refractivity (Wildman–Crippen MR) is 111 cm³/mol. The molecule has 0 spiro atoms. The van der Waals surface area contributed by atoms with E-state index in [1.807, 2.05) is 30.3 Å². The maximum absolute atomic E-state index is 12.5. The fourth-order valence-corrected chi connectivity index (χ4v) is 4.08. The molecule has 0 fully saturated rings. The van der Waals surface area contributed by atoms with Gasteiger partial charge in [-0.1, -0.05) is 30.3 Å². The van der Waals surface area contributed by atoms with E-state index in [-0.39, 0.29) is 5.91 Å². The highest BCUT2D eigenvalue weighted by Crippen LogP contribution is 2.26. The summed E-state index contributed by atoms with van der Waals surface area (Å²) in [5.74, 6) is 0.873. The molecular formula is C20H21N3O2S2. The number of carbonyl (C=O) groups is 2. The molecule has 2 aromatic rings. The lowest BCUT2D eigenvalue weighted by Crippen LogP contribution is -2.27. The topological polar surface area (TPSA) is 96.0 Å². The molecule has 2 amide bonds. The van der Waals surface area contributed by atoms with Crippen molar-refractivity contribution in [2.24, 2.45) is 5.73 Å². The molecule has 0 saturated carbocycles. The van der Waals surface area contributed by atoms with Crippen molar-refractivity contribution in [3.8, 4) is 6.07 Å². The molecule has 27 heavy (non-hydrogen) atoms. The van der Waals surface area contributed by atoms with Gasteiger partial charge in [-0.15, -0.1) is 11.8 Å². The summed E-state index contributed by atoms with van der Waals surface area (Å²) in [6.07, 6.45) is 0. The van der Waals surface area contributed by atoms with Gasteiger partial charge in [0.2, 0.25) is 5.91 Å². The third-order valence-electron chi connectivity index (χ3n) is 3.76. The minimum absolute atomic E-state index is 0.173. The maximum atomic E-state index is 12.5. The standard InChI is InChI=1S/C20H21N3O2S2/c1-14(19(22)24)27-18-9-5-4-8-17(18)20(25)23-10-11-26-13-16-7-3-2-6-15(16)12-21/h2-9,14H,10-11,13H2,1H3,(H2,22,24)(H,23,25)/t14-/m1/s1. The lowest BCUT2D eigenvalue weighted by molar-refractivity contribution is -0.117. The second-order valence-electron chi connectivity index (χ2n) is 5.74. The van der Waals surface area contributed by atoms with Gasteiger partial charge in [-0.2, -0.15) is 17.0 Å². The normalized spacial score (nSPS) is 11.4. The maximum Gasteiger partial charge on any atom is 0.252 e. The van der Waals surface area contributed by atoms with E-state index in [0.29, 0.717) is 17.7 Å². The Balaban J connectivity index is 1.84. The van der Waals surface area contributed by atoms with Crippen LogP contribution < -0.4 is 11.1 Å². The molecule has 2 aromatic carbocycles. The van der Waals surface area contributed by atoms with Crippen LogP contribution in [0.25, 0.3) is 0 Å². The van der Waals surface area contributed by atoms with Crippen LogP contribution in [-0.2, 0) is 10.5 Å². The van der Waals surface area contributed by atoms with Crippen LogP contribution in [-0.4, -0.2) is 29.4 Å². The van der Waals surface area contributed by atoms with Crippen LogP contribution in [0.5, 0.6) is 0 Å². The number of hydrogen-bond donors (Lipinski definition) is 2. The number of nitrogens with two attached hydrogens (primary N) is 1. The zero-order valence-corrected chi connectivity index (χ0v) is 16.6. The number of thioether (sulfide) groups is 2. The fourth-order valence-electron chi connectivity index (χ4n) is 2.27. The van der Waals surface area contributed by atoms with Gasteiger partial charge in [-0.3, -0.25) is 9.59 Å². The quantitative estimate of drug-likeness (QED) is 0.499. The number of nitriles is 1. The molecule has 0 aliphatic carbocycles. The van der Waals surface area contributed by atoms with Crippen molar-refractivity contribution in [3.05, 3.63) is 65.2 Å². The second kappa shape index (κ2) is 10.7. The highest BCUT2D eigenvalue weighted by molar-refractivity contribution is 8.00. The van der Waals surface area contributed by atoms with Crippen molar-refractivity contribution in [1.29, 1.82) is 5.26 Å². The number of nitrogens with zero attached hydrogens (tertiary/aromatic N) is 1. The molecule has 0 unspecified atom stereocenters. The summed E-state index contributed by atoms with van der Waals surface area (Å²) >= 11 is 2.94. The second-order valence-corrected chi connectivity index (χ2v) is 8.22. The third-order valence-corrected chi connectivity index (χ3v) is 5.97. The van der Waals surface area contributed by atoms with Crippen LogP contribution in [0.15, 0.2) is 53.4 Å². The van der Waals surface area contributed by atoms with E-state index in [4.69, 9.17) is 11.0 Å². The summed E-state index contributed by atoms with van der Waals surface area (Å²) in [6.45, 7) is 2.24. The third kappa shape index (κ3) is 6.35. The Morgan fingerprint density at radius 3 is 2.63 bits per heavy atom. The van der Waals surface area contributed by atoms with Crippen molar-refractivity contribution < 1.29 is 9.59 Å². The Kier molecular flexibility index (Phi) is 8.24. The number of benzene rings is 2. The van der Waals surface area contributed by atoms with Crippen molar-refractivity contribution in [2.75, 3.05) is 12.3 Å². The molecule has 0 heterocycles. The fraction of sp³-hybridized carbons (Fsp3) is 0.250. The number of nitrogens with one attached hydrogen (secondary N) is 1. The largest absolute Gasteiger partial charge is 0.369 e. The highest BCUT2D eigenvalue weighted by atomic mass is 32.2. The van der Waals surface area contributed by atoms with Crippen LogP contribution in [0.1, 0.15) is 28.4 Å². The molecule has 7 heteroatoms. The Hall–Kier alpha value is -2.43. The lowest BCUT2D eigenvalue weighted by Gasteiger charge is -2.12. The first-order chi connectivity index (χ1) is 13.0.